The van der Waals surface area contributed by atoms with E-state index in [0.717, 1.165) is 6.42 Å². The highest BCUT2D eigenvalue weighted by molar-refractivity contribution is 4.96. The van der Waals surface area contributed by atoms with Gasteiger partial charge in [-0.1, -0.05) is 0 Å². The number of rotatable bonds is 4. The van der Waals surface area contributed by atoms with Crippen molar-refractivity contribution in [2.45, 2.75) is 37.3 Å². The Bertz CT molecular complexity index is 192. The highest BCUT2D eigenvalue weighted by Gasteiger charge is 2.37. The van der Waals surface area contributed by atoms with E-state index < -0.39 is 12.0 Å². The highest BCUT2D eigenvalue weighted by atomic mass is 19.3. The maximum Gasteiger partial charge on any atom is 0.251 e. The van der Waals surface area contributed by atoms with Crippen LogP contribution in [0, 0.1) is 0 Å². The Balaban J connectivity index is 2.41. The van der Waals surface area contributed by atoms with Crippen LogP contribution < -0.4 is 5.73 Å². The van der Waals surface area contributed by atoms with Crippen molar-refractivity contribution < 1.29 is 13.9 Å². The van der Waals surface area contributed by atoms with E-state index in [0.29, 0.717) is 12.8 Å². The van der Waals surface area contributed by atoms with Crippen LogP contribution in [0.4, 0.5) is 8.78 Å². The second-order valence-electron chi connectivity index (χ2n) is 4.25. The van der Waals surface area contributed by atoms with Gasteiger partial charge in [-0.2, -0.15) is 0 Å². The molecule has 2 unspecified atom stereocenters. The molecule has 3 N–H and O–H groups in total. The average Bonchev–Trinajstić information content (AvgIpc) is 2.48. The lowest BCUT2D eigenvalue weighted by Crippen LogP contribution is -2.43. The minimum Gasteiger partial charge on any atom is -0.394 e. The van der Waals surface area contributed by atoms with Gasteiger partial charge in [-0.05, 0) is 26.3 Å². The summed E-state index contributed by atoms with van der Waals surface area (Å²) in [6.45, 7) is -0.280. The second kappa shape index (κ2) is 4.51. The van der Waals surface area contributed by atoms with Gasteiger partial charge in [-0.25, -0.2) is 8.78 Å². The smallest absolute Gasteiger partial charge is 0.251 e. The summed E-state index contributed by atoms with van der Waals surface area (Å²) in [5.74, 6) is 0. The van der Waals surface area contributed by atoms with Gasteiger partial charge in [-0.15, -0.1) is 0 Å². The van der Waals surface area contributed by atoms with Crippen LogP contribution in [-0.4, -0.2) is 48.2 Å². The Morgan fingerprint density at radius 1 is 1.64 bits per heavy atom. The summed E-state index contributed by atoms with van der Waals surface area (Å²) in [5.41, 5.74) is 5.30. The maximum absolute atomic E-state index is 12.1. The number of hydrogen-bond donors (Lipinski definition) is 2. The van der Waals surface area contributed by atoms with Crippen LogP contribution in [0.3, 0.4) is 0 Å². The van der Waals surface area contributed by atoms with Gasteiger partial charge in [0.05, 0.1) is 13.2 Å². The van der Waals surface area contributed by atoms with Gasteiger partial charge >= 0.3 is 0 Å². The van der Waals surface area contributed by atoms with Crippen molar-refractivity contribution in [3.05, 3.63) is 0 Å². The van der Waals surface area contributed by atoms with Crippen molar-refractivity contribution in [2.75, 3.05) is 20.2 Å². The normalized spacial score (nSPS) is 33.2. The van der Waals surface area contributed by atoms with Gasteiger partial charge in [-0.3, -0.25) is 4.90 Å². The van der Waals surface area contributed by atoms with E-state index in [9.17, 15) is 8.78 Å². The van der Waals surface area contributed by atoms with Gasteiger partial charge in [0.15, 0.2) is 0 Å². The van der Waals surface area contributed by atoms with E-state index in [1.165, 1.54) is 0 Å². The summed E-state index contributed by atoms with van der Waals surface area (Å²) in [6.07, 6.45) is -0.198. The molecule has 1 saturated carbocycles. The maximum atomic E-state index is 12.1. The monoisotopic (exact) mass is 208 g/mol. The van der Waals surface area contributed by atoms with Crippen LogP contribution in [-0.2, 0) is 0 Å². The molecule has 2 atom stereocenters. The van der Waals surface area contributed by atoms with E-state index in [1.54, 1.807) is 11.9 Å². The van der Waals surface area contributed by atoms with Crippen LogP contribution >= 0.6 is 0 Å². The fraction of sp³-hybridized carbons (Fsp3) is 1.00. The molecule has 0 bridgehead atoms. The van der Waals surface area contributed by atoms with Gasteiger partial charge in [0.1, 0.15) is 0 Å². The van der Waals surface area contributed by atoms with Crippen molar-refractivity contribution >= 4 is 0 Å². The molecule has 0 aliphatic heterocycles. The molecular weight excluding hydrogens is 190 g/mol. The van der Waals surface area contributed by atoms with E-state index in [-0.39, 0.29) is 19.2 Å². The number of hydrogen-bond acceptors (Lipinski definition) is 3. The van der Waals surface area contributed by atoms with E-state index >= 15 is 0 Å². The molecule has 0 radical (unpaired) electrons. The predicted molar refractivity (Wildman–Crippen MR) is 50.3 cm³/mol. The van der Waals surface area contributed by atoms with Crippen LogP contribution in [0.2, 0.25) is 0 Å². The summed E-state index contributed by atoms with van der Waals surface area (Å²) >= 11 is 0. The molecule has 0 spiro atoms. The van der Waals surface area contributed by atoms with Crippen LogP contribution in [0.25, 0.3) is 0 Å². The molecule has 0 heterocycles. The quantitative estimate of drug-likeness (QED) is 0.704. The molecule has 3 nitrogen and oxygen atoms in total. The van der Waals surface area contributed by atoms with Gasteiger partial charge in [0, 0.05) is 11.6 Å². The molecule has 1 rings (SSSR count). The summed E-state index contributed by atoms with van der Waals surface area (Å²) in [6, 6.07) is 0.0844. The fourth-order valence-electron chi connectivity index (χ4n) is 2.01. The summed E-state index contributed by atoms with van der Waals surface area (Å²) < 4.78 is 24.2. The molecule has 1 fully saturated rings. The van der Waals surface area contributed by atoms with Gasteiger partial charge in [0.25, 0.3) is 6.43 Å². The molecule has 1 aliphatic carbocycles. The Morgan fingerprint density at radius 2 is 2.29 bits per heavy atom. The minimum absolute atomic E-state index is 0.0635. The first-order valence-electron chi connectivity index (χ1n) is 4.85. The molecule has 0 aromatic carbocycles. The van der Waals surface area contributed by atoms with Crippen molar-refractivity contribution in [1.82, 2.24) is 4.90 Å². The van der Waals surface area contributed by atoms with E-state index in [4.69, 9.17) is 10.8 Å². The number of nitrogens with two attached hydrogens (primary N) is 1. The molecular formula is C9H18F2N2O. The number of nitrogens with zero attached hydrogens (tertiary/aromatic N) is 1. The molecule has 0 saturated heterocycles. The molecule has 84 valence electrons. The van der Waals surface area contributed by atoms with Crippen LogP contribution in [0.1, 0.15) is 19.3 Å². The molecule has 14 heavy (non-hydrogen) atoms. The zero-order valence-electron chi connectivity index (χ0n) is 8.42. The molecule has 0 aromatic rings. The highest BCUT2D eigenvalue weighted by Crippen LogP contribution is 2.30. The third-order valence-electron chi connectivity index (χ3n) is 2.98. The molecule has 1 aliphatic rings. The van der Waals surface area contributed by atoms with Crippen molar-refractivity contribution in [3.8, 4) is 0 Å². The van der Waals surface area contributed by atoms with Crippen molar-refractivity contribution in [2.24, 2.45) is 5.73 Å². The van der Waals surface area contributed by atoms with Crippen molar-refractivity contribution in [1.29, 1.82) is 0 Å². The lowest BCUT2D eigenvalue weighted by molar-refractivity contribution is 0.0789. The summed E-state index contributed by atoms with van der Waals surface area (Å²) in [5, 5.41) is 9.02. The Kier molecular flexibility index (Phi) is 3.80. The number of aliphatic hydroxyl groups excluding tert-OH is 1. The Labute approximate surface area is 82.9 Å². The first-order chi connectivity index (χ1) is 6.47. The lowest BCUT2D eigenvalue weighted by Gasteiger charge is -2.26. The molecule has 0 aromatic heterocycles. The summed E-state index contributed by atoms with van der Waals surface area (Å²) in [4.78, 5) is 1.63. The predicted octanol–water partition coefficient (Wildman–Crippen LogP) is 0.426. The first kappa shape index (κ1) is 11.8. The van der Waals surface area contributed by atoms with Gasteiger partial charge < -0.3 is 10.8 Å². The van der Waals surface area contributed by atoms with E-state index in [2.05, 4.69) is 0 Å². The SMILES string of the molecule is CN(CC(F)F)C1CCC(N)(CO)C1. The number of alkyl halides is 2. The van der Waals surface area contributed by atoms with Crippen molar-refractivity contribution in [3.63, 3.8) is 0 Å². The standard InChI is InChI=1S/C9H18F2N2O/c1-13(5-8(10)11)7-2-3-9(12,4-7)6-14/h7-8,14H,2-6,12H2,1H3. The number of aliphatic hydroxyl groups is 1. The first-order valence-corrected chi connectivity index (χ1v) is 4.85. The minimum atomic E-state index is -2.30. The Hall–Kier alpha value is -0.260. The average molecular weight is 208 g/mol. The zero-order chi connectivity index (χ0) is 10.8. The third-order valence-corrected chi connectivity index (χ3v) is 2.98. The van der Waals surface area contributed by atoms with Crippen LogP contribution in [0.15, 0.2) is 0 Å². The largest absolute Gasteiger partial charge is 0.394 e. The topological polar surface area (TPSA) is 49.5 Å². The fourth-order valence-corrected chi connectivity index (χ4v) is 2.01. The summed E-state index contributed by atoms with van der Waals surface area (Å²) in [7, 11) is 1.68. The zero-order valence-corrected chi connectivity index (χ0v) is 8.42. The van der Waals surface area contributed by atoms with Gasteiger partial charge in [0.2, 0.25) is 0 Å². The van der Waals surface area contributed by atoms with E-state index in [1.807, 2.05) is 0 Å². The van der Waals surface area contributed by atoms with Crippen LogP contribution in [0.5, 0.6) is 0 Å². The molecule has 0 amide bonds. The second-order valence-corrected chi connectivity index (χ2v) is 4.25. The Morgan fingerprint density at radius 3 is 2.71 bits per heavy atom. The molecule has 5 heteroatoms. The number of halogens is 2. The third kappa shape index (κ3) is 2.87. The lowest BCUT2D eigenvalue weighted by atomic mass is 10.0.